The van der Waals surface area contributed by atoms with Gasteiger partial charge < -0.3 is 14.5 Å². The number of hydrogen-bond acceptors (Lipinski definition) is 6. The summed E-state index contributed by atoms with van der Waals surface area (Å²) in [6.07, 6.45) is 2.81. The molecule has 3 heterocycles. The highest BCUT2D eigenvalue weighted by atomic mass is 32.2. The van der Waals surface area contributed by atoms with Crippen LogP contribution in [0.2, 0.25) is 0 Å². The number of aromatic amines is 1. The number of carbonyl (C=O) groups is 1. The SMILES string of the molecule is COc1ccccc1S(=O)(=O)N1CCC(c2cc(C(=O)NCc3ccco3)n[nH]2)CC1. The number of rotatable bonds is 7. The number of nitrogens with zero attached hydrogens (tertiary/aromatic N) is 2. The Bertz CT molecular complexity index is 1130. The van der Waals surface area contributed by atoms with Crippen molar-refractivity contribution in [2.75, 3.05) is 20.2 Å². The summed E-state index contributed by atoms with van der Waals surface area (Å²) in [6, 6.07) is 11.9. The van der Waals surface area contributed by atoms with Crippen molar-refractivity contribution in [1.82, 2.24) is 19.8 Å². The van der Waals surface area contributed by atoms with E-state index >= 15 is 0 Å². The fraction of sp³-hybridized carbons (Fsp3) is 0.333. The monoisotopic (exact) mass is 444 g/mol. The predicted octanol–water partition coefficient (Wildman–Crippen LogP) is 2.51. The molecule has 0 saturated carbocycles. The molecule has 1 aliphatic rings. The van der Waals surface area contributed by atoms with Gasteiger partial charge in [-0.2, -0.15) is 9.40 Å². The highest BCUT2D eigenvalue weighted by molar-refractivity contribution is 7.89. The first-order chi connectivity index (χ1) is 15.0. The number of amides is 1. The van der Waals surface area contributed by atoms with Crippen LogP contribution >= 0.6 is 0 Å². The average Bonchev–Trinajstić information content (AvgIpc) is 3.50. The quantitative estimate of drug-likeness (QED) is 0.578. The second-order valence-corrected chi connectivity index (χ2v) is 9.21. The summed E-state index contributed by atoms with van der Waals surface area (Å²) in [4.78, 5) is 12.5. The number of methoxy groups -OCH3 is 1. The van der Waals surface area contributed by atoms with Crippen LogP contribution in [-0.4, -0.2) is 49.0 Å². The molecule has 2 aromatic heterocycles. The molecule has 1 saturated heterocycles. The third-order valence-electron chi connectivity index (χ3n) is 5.41. The van der Waals surface area contributed by atoms with Gasteiger partial charge in [0.05, 0.1) is 19.9 Å². The van der Waals surface area contributed by atoms with Gasteiger partial charge in [0.15, 0.2) is 0 Å². The topological polar surface area (TPSA) is 118 Å². The normalized spacial score (nSPS) is 15.6. The van der Waals surface area contributed by atoms with Crippen molar-refractivity contribution in [1.29, 1.82) is 0 Å². The van der Waals surface area contributed by atoms with Gasteiger partial charge in [-0.05, 0) is 43.2 Å². The molecule has 4 rings (SSSR count). The van der Waals surface area contributed by atoms with E-state index in [4.69, 9.17) is 9.15 Å². The zero-order chi connectivity index (χ0) is 21.8. The number of nitrogens with one attached hydrogen (secondary N) is 2. The van der Waals surface area contributed by atoms with Gasteiger partial charge in [-0.1, -0.05) is 12.1 Å². The molecule has 1 aromatic carbocycles. The van der Waals surface area contributed by atoms with E-state index in [9.17, 15) is 13.2 Å². The predicted molar refractivity (Wildman–Crippen MR) is 112 cm³/mol. The molecule has 1 fully saturated rings. The maximum atomic E-state index is 13.0. The number of benzene rings is 1. The number of para-hydroxylation sites is 1. The largest absolute Gasteiger partial charge is 0.495 e. The number of H-pyrrole nitrogens is 1. The molecule has 0 bridgehead atoms. The van der Waals surface area contributed by atoms with Crippen molar-refractivity contribution < 1.29 is 22.4 Å². The van der Waals surface area contributed by atoms with Gasteiger partial charge >= 0.3 is 0 Å². The van der Waals surface area contributed by atoms with Crippen LogP contribution in [0, 0.1) is 0 Å². The van der Waals surface area contributed by atoms with Crippen LogP contribution < -0.4 is 10.1 Å². The number of hydrogen-bond donors (Lipinski definition) is 2. The lowest BCUT2D eigenvalue weighted by molar-refractivity contribution is 0.0943. The summed E-state index contributed by atoms with van der Waals surface area (Å²) in [6.45, 7) is 1.04. The standard InChI is InChI=1S/C21H24N4O5S/c1-29-19-6-2-3-7-20(19)31(27,28)25-10-8-15(9-11-25)17-13-18(24-23-17)21(26)22-14-16-5-4-12-30-16/h2-7,12-13,15H,8-11,14H2,1H3,(H,22,26)(H,23,24). The lowest BCUT2D eigenvalue weighted by atomic mass is 9.94. The molecule has 0 aliphatic carbocycles. The van der Waals surface area contributed by atoms with E-state index in [0.29, 0.717) is 43.1 Å². The van der Waals surface area contributed by atoms with Crippen molar-refractivity contribution in [3.05, 3.63) is 65.9 Å². The van der Waals surface area contributed by atoms with E-state index in [1.807, 2.05) is 0 Å². The molecule has 0 spiro atoms. The van der Waals surface area contributed by atoms with E-state index in [-0.39, 0.29) is 23.3 Å². The van der Waals surface area contributed by atoms with E-state index in [1.54, 1.807) is 48.7 Å². The van der Waals surface area contributed by atoms with Crippen LogP contribution in [0.5, 0.6) is 5.75 Å². The second kappa shape index (κ2) is 8.94. The van der Waals surface area contributed by atoms with Crippen LogP contribution in [0.4, 0.5) is 0 Å². The van der Waals surface area contributed by atoms with Crippen LogP contribution in [0.15, 0.2) is 58.0 Å². The van der Waals surface area contributed by atoms with Gasteiger partial charge in [-0.25, -0.2) is 8.42 Å². The number of piperidine rings is 1. The molecule has 3 aromatic rings. The lowest BCUT2D eigenvalue weighted by Gasteiger charge is -2.31. The number of sulfonamides is 1. The third kappa shape index (κ3) is 4.49. The summed E-state index contributed by atoms with van der Waals surface area (Å²) in [7, 11) is -2.18. The highest BCUT2D eigenvalue weighted by Crippen LogP contribution is 2.32. The van der Waals surface area contributed by atoms with E-state index in [0.717, 1.165) is 5.69 Å². The molecule has 2 N–H and O–H groups in total. The molecule has 0 atom stereocenters. The first-order valence-electron chi connectivity index (χ1n) is 9.98. The Labute approximate surface area is 180 Å². The first-order valence-corrected chi connectivity index (χ1v) is 11.4. The van der Waals surface area contributed by atoms with Crippen molar-refractivity contribution in [2.45, 2.75) is 30.2 Å². The zero-order valence-electron chi connectivity index (χ0n) is 17.1. The van der Waals surface area contributed by atoms with Gasteiger partial charge in [-0.3, -0.25) is 9.89 Å². The Kier molecular flexibility index (Phi) is 6.10. The molecule has 10 heteroatoms. The minimum Gasteiger partial charge on any atom is -0.495 e. The van der Waals surface area contributed by atoms with Gasteiger partial charge in [0.1, 0.15) is 22.1 Å². The third-order valence-corrected chi connectivity index (χ3v) is 7.35. The molecule has 9 nitrogen and oxygen atoms in total. The van der Waals surface area contributed by atoms with Gasteiger partial charge in [0, 0.05) is 24.7 Å². The smallest absolute Gasteiger partial charge is 0.272 e. The molecule has 0 radical (unpaired) electrons. The summed E-state index contributed by atoms with van der Waals surface area (Å²) in [5.41, 5.74) is 1.13. The summed E-state index contributed by atoms with van der Waals surface area (Å²) in [5.74, 6) is 0.800. The van der Waals surface area contributed by atoms with Crippen molar-refractivity contribution in [3.63, 3.8) is 0 Å². The maximum absolute atomic E-state index is 13.0. The molecule has 1 aliphatic heterocycles. The summed E-state index contributed by atoms with van der Waals surface area (Å²) in [5, 5.41) is 9.80. The fourth-order valence-electron chi connectivity index (χ4n) is 3.71. The Morgan fingerprint density at radius 3 is 2.74 bits per heavy atom. The molecule has 1 amide bonds. The molecule has 31 heavy (non-hydrogen) atoms. The van der Waals surface area contributed by atoms with Gasteiger partial charge in [0.25, 0.3) is 5.91 Å². The Morgan fingerprint density at radius 2 is 2.03 bits per heavy atom. The molecule has 164 valence electrons. The van der Waals surface area contributed by atoms with Crippen molar-refractivity contribution >= 4 is 15.9 Å². The summed E-state index contributed by atoms with van der Waals surface area (Å²) >= 11 is 0. The highest BCUT2D eigenvalue weighted by Gasteiger charge is 2.32. The second-order valence-electron chi connectivity index (χ2n) is 7.30. The molecular weight excluding hydrogens is 420 g/mol. The van der Waals surface area contributed by atoms with Crippen LogP contribution in [0.25, 0.3) is 0 Å². The molecule has 0 unspecified atom stereocenters. The zero-order valence-corrected chi connectivity index (χ0v) is 17.9. The van der Waals surface area contributed by atoms with Crippen molar-refractivity contribution in [3.8, 4) is 5.75 Å². The molecular formula is C21H24N4O5S. The van der Waals surface area contributed by atoms with Crippen LogP contribution in [-0.2, 0) is 16.6 Å². The van der Waals surface area contributed by atoms with E-state index in [1.165, 1.54) is 11.4 Å². The minimum absolute atomic E-state index is 0.100. The minimum atomic E-state index is -3.64. The van der Waals surface area contributed by atoms with E-state index in [2.05, 4.69) is 15.5 Å². The number of ether oxygens (including phenoxy) is 1. The van der Waals surface area contributed by atoms with Crippen LogP contribution in [0.3, 0.4) is 0 Å². The number of furan rings is 1. The average molecular weight is 445 g/mol. The maximum Gasteiger partial charge on any atom is 0.272 e. The Hall–Kier alpha value is -3.11. The lowest BCUT2D eigenvalue weighted by Crippen LogP contribution is -2.38. The fourth-order valence-corrected chi connectivity index (χ4v) is 5.34. The Balaban J connectivity index is 1.37. The van der Waals surface area contributed by atoms with Crippen molar-refractivity contribution in [2.24, 2.45) is 0 Å². The number of aromatic nitrogens is 2. The van der Waals surface area contributed by atoms with E-state index < -0.39 is 10.0 Å². The van der Waals surface area contributed by atoms with Gasteiger partial charge in [-0.15, -0.1) is 0 Å². The first kappa shape index (κ1) is 21.1. The Morgan fingerprint density at radius 1 is 1.26 bits per heavy atom. The number of carbonyl (C=O) groups excluding carboxylic acids is 1. The summed E-state index contributed by atoms with van der Waals surface area (Å²) < 4.78 is 38.0. The van der Waals surface area contributed by atoms with Crippen LogP contribution in [0.1, 0.15) is 40.7 Å². The van der Waals surface area contributed by atoms with Gasteiger partial charge in [0.2, 0.25) is 10.0 Å².